The molecule has 0 atom stereocenters. The van der Waals surface area contributed by atoms with Crippen LogP contribution in [0, 0.1) is 0 Å². The van der Waals surface area contributed by atoms with Crippen molar-refractivity contribution < 1.29 is 9.59 Å². The van der Waals surface area contributed by atoms with Crippen LogP contribution in [0.5, 0.6) is 0 Å². The number of anilines is 1. The Hall–Kier alpha value is -1.55. The van der Waals surface area contributed by atoms with Crippen molar-refractivity contribution >= 4 is 29.1 Å². The molecule has 1 aromatic rings. The van der Waals surface area contributed by atoms with Gasteiger partial charge in [-0.3, -0.25) is 9.59 Å². The number of hydrogen-bond donors (Lipinski definition) is 2. The molecule has 1 heterocycles. The Balaban J connectivity index is 2.48. The van der Waals surface area contributed by atoms with E-state index in [0.29, 0.717) is 22.7 Å². The maximum atomic E-state index is 11.4. The predicted molar refractivity (Wildman–Crippen MR) is 57.2 cm³/mol. The fourth-order valence-corrected chi connectivity index (χ4v) is 1.81. The number of amides is 2. The van der Waals surface area contributed by atoms with E-state index in [2.05, 4.69) is 10.6 Å². The van der Waals surface area contributed by atoms with E-state index in [-0.39, 0.29) is 11.8 Å². The molecule has 1 aliphatic rings. The van der Waals surface area contributed by atoms with Crippen LogP contribution >= 0.6 is 11.6 Å². The van der Waals surface area contributed by atoms with Crippen LogP contribution in [0.25, 0.3) is 0 Å². The van der Waals surface area contributed by atoms with Gasteiger partial charge in [-0.15, -0.1) is 0 Å². The molecule has 0 bridgehead atoms. The number of fused-ring (bicyclic) bond motifs is 1. The summed E-state index contributed by atoms with van der Waals surface area (Å²) in [4.78, 5) is 22.5. The second-order valence-electron chi connectivity index (χ2n) is 3.29. The highest BCUT2D eigenvalue weighted by Gasteiger charge is 2.21. The molecule has 1 aliphatic heterocycles. The molecule has 4 nitrogen and oxygen atoms in total. The van der Waals surface area contributed by atoms with E-state index in [1.807, 2.05) is 0 Å². The molecule has 0 saturated carbocycles. The summed E-state index contributed by atoms with van der Waals surface area (Å²) < 4.78 is 0. The molecule has 15 heavy (non-hydrogen) atoms. The third kappa shape index (κ3) is 1.68. The molecule has 0 saturated heterocycles. The average molecular weight is 225 g/mol. The van der Waals surface area contributed by atoms with Gasteiger partial charge in [-0.1, -0.05) is 11.6 Å². The van der Waals surface area contributed by atoms with E-state index in [4.69, 9.17) is 11.6 Å². The Labute approximate surface area is 91.6 Å². The smallest absolute Gasteiger partial charge is 0.252 e. The van der Waals surface area contributed by atoms with Crippen molar-refractivity contribution in [3.63, 3.8) is 0 Å². The molecule has 0 fully saturated rings. The molecule has 2 amide bonds. The van der Waals surface area contributed by atoms with Crippen LogP contribution in [0.1, 0.15) is 15.9 Å². The van der Waals surface area contributed by atoms with Crippen LogP contribution < -0.4 is 10.6 Å². The summed E-state index contributed by atoms with van der Waals surface area (Å²) in [6.45, 7) is 0. The monoisotopic (exact) mass is 224 g/mol. The first-order valence-electron chi connectivity index (χ1n) is 4.46. The fraction of sp³-hybridized carbons (Fsp3) is 0.200. The van der Waals surface area contributed by atoms with Crippen molar-refractivity contribution in [1.29, 1.82) is 0 Å². The van der Waals surface area contributed by atoms with Gasteiger partial charge in [0.1, 0.15) is 0 Å². The van der Waals surface area contributed by atoms with Crippen molar-refractivity contribution in [2.45, 2.75) is 6.42 Å². The third-order valence-electron chi connectivity index (χ3n) is 2.29. The van der Waals surface area contributed by atoms with Crippen LogP contribution in [0.4, 0.5) is 5.69 Å². The van der Waals surface area contributed by atoms with Gasteiger partial charge in [-0.2, -0.15) is 0 Å². The molecular formula is C10H9ClN2O2. The first kappa shape index (κ1) is 9.98. The summed E-state index contributed by atoms with van der Waals surface area (Å²) in [5.41, 5.74) is 1.90. The number of halogens is 1. The zero-order valence-corrected chi connectivity index (χ0v) is 8.81. The number of benzene rings is 1. The molecule has 1 aromatic carbocycles. The van der Waals surface area contributed by atoms with E-state index in [1.54, 1.807) is 12.1 Å². The van der Waals surface area contributed by atoms with Gasteiger partial charge in [0.05, 0.1) is 17.0 Å². The van der Waals surface area contributed by atoms with Gasteiger partial charge in [0, 0.05) is 12.7 Å². The SMILES string of the molecule is CNC(=O)c1cc2c(cc1Cl)NC(=O)C2. The number of carbonyl (C=O) groups is 2. The minimum Gasteiger partial charge on any atom is -0.355 e. The number of carbonyl (C=O) groups excluding carboxylic acids is 2. The molecule has 0 aromatic heterocycles. The minimum atomic E-state index is -0.248. The molecule has 0 spiro atoms. The van der Waals surface area contributed by atoms with Gasteiger partial charge in [-0.05, 0) is 17.7 Å². The van der Waals surface area contributed by atoms with E-state index >= 15 is 0 Å². The van der Waals surface area contributed by atoms with E-state index in [9.17, 15) is 9.59 Å². The largest absolute Gasteiger partial charge is 0.355 e. The third-order valence-corrected chi connectivity index (χ3v) is 2.60. The fourth-order valence-electron chi connectivity index (χ4n) is 1.56. The summed E-state index contributed by atoms with van der Waals surface area (Å²) in [6.07, 6.45) is 0.302. The molecule has 0 unspecified atom stereocenters. The minimum absolute atomic E-state index is 0.0740. The molecule has 2 N–H and O–H groups in total. The van der Waals surface area contributed by atoms with Crippen LogP contribution in [-0.4, -0.2) is 18.9 Å². The molecular weight excluding hydrogens is 216 g/mol. The second kappa shape index (κ2) is 3.55. The first-order valence-corrected chi connectivity index (χ1v) is 4.84. The first-order chi connectivity index (χ1) is 7.11. The maximum Gasteiger partial charge on any atom is 0.252 e. The number of nitrogens with one attached hydrogen (secondary N) is 2. The van der Waals surface area contributed by atoms with E-state index in [1.165, 1.54) is 7.05 Å². The topological polar surface area (TPSA) is 58.2 Å². The Morgan fingerprint density at radius 3 is 2.93 bits per heavy atom. The molecule has 0 radical (unpaired) electrons. The lowest BCUT2D eigenvalue weighted by molar-refractivity contribution is -0.115. The van der Waals surface area contributed by atoms with Crippen molar-refractivity contribution in [2.24, 2.45) is 0 Å². The highest BCUT2D eigenvalue weighted by molar-refractivity contribution is 6.34. The second-order valence-corrected chi connectivity index (χ2v) is 3.70. The zero-order chi connectivity index (χ0) is 11.0. The summed E-state index contributed by atoms with van der Waals surface area (Å²) in [5, 5.41) is 5.51. The Morgan fingerprint density at radius 2 is 2.27 bits per heavy atom. The molecule has 0 aliphatic carbocycles. The Morgan fingerprint density at radius 1 is 1.53 bits per heavy atom. The van der Waals surface area contributed by atoms with Crippen molar-refractivity contribution in [3.05, 3.63) is 28.3 Å². The predicted octanol–water partition coefficient (Wildman–Crippen LogP) is 1.19. The highest BCUT2D eigenvalue weighted by atomic mass is 35.5. The van der Waals surface area contributed by atoms with Crippen molar-refractivity contribution in [1.82, 2.24) is 5.32 Å². The highest BCUT2D eigenvalue weighted by Crippen LogP contribution is 2.29. The van der Waals surface area contributed by atoms with Gasteiger partial charge in [-0.25, -0.2) is 0 Å². The standard InChI is InChI=1S/C10H9ClN2O2/c1-12-10(15)6-2-5-3-9(14)13-8(5)4-7(6)11/h2,4H,3H2,1H3,(H,12,15)(H,13,14). The van der Waals surface area contributed by atoms with Gasteiger partial charge < -0.3 is 10.6 Å². The molecule has 5 heteroatoms. The lowest BCUT2D eigenvalue weighted by Gasteiger charge is -2.05. The average Bonchev–Trinajstić information content (AvgIpc) is 2.55. The zero-order valence-electron chi connectivity index (χ0n) is 8.06. The molecule has 2 rings (SSSR count). The van der Waals surface area contributed by atoms with Crippen LogP contribution in [-0.2, 0) is 11.2 Å². The van der Waals surface area contributed by atoms with Crippen molar-refractivity contribution in [3.8, 4) is 0 Å². The van der Waals surface area contributed by atoms with Gasteiger partial charge in [0.25, 0.3) is 5.91 Å². The van der Waals surface area contributed by atoms with Gasteiger partial charge >= 0.3 is 0 Å². The molecule has 78 valence electrons. The van der Waals surface area contributed by atoms with Crippen LogP contribution in [0.3, 0.4) is 0 Å². The summed E-state index contributed by atoms with van der Waals surface area (Å²) in [6, 6.07) is 3.25. The van der Waals surface area contributed by atoms with Crippen LogP contribution in [0.2, 0.25) is 5.02 Å². The summed E-state index contributed by atoms with van der Waals surface area (Å²) in [5.74, 6) is -0.322. The summed E-state index contributed by atoms with van der Waals surface area (Å²) >= 11 is 5.92. The number of rotatable bonds is 1. The van der Waals surface area contributed by atoms with Crippen LogP contribution in [0.15, 0.2) is 12.1 Å². The lowest BCUT2D eigenvalue weighted by Crippen LogP contribution is -2.18. The van der Waals surface area contributed by atoms with Gasteiger partial charge in [0.2, 0.25) is 5.91 Å². The lowest BCUT2D eigenvalue weighted by atomic mass is 10.1. The summed E-state index contributed by atoms with van der Waals surface area (Å²) in [7, 11) is 1.54. The Bertz CT molecular complexity index is 457. The quantitative estimate of drug-likeness (QED) is 0.753. The maximum absolute atomic E-state index is 11.4. The number of hydrogen-bond acceptors (Lipinski definition) is 2. The van der Waals surface area contributed by atoms with Gasteiger partial charge in [0.15, 0.2) is 0 Å². The normalized spacial score (nSPS) is 13.3. The Kier molecular flexibility index (Phi) is 2.36. The van der Waals surface area contributed by atoms with E-state index in [0.717, 1.165) is 5.56 Å². The van der Waals surface area contributed by atoms with E-state index < -0.39 is 0 Å². The van der Waals surface area contributed by atoms with Crippen molar-refractivity contribution in [2.75, 3.05) is 12.4 Å².